The van der Waals surface area contributed by atoms with Crippen LogP contribution >= 0.6 is 0 Å². The van der Waals surface area contributed by atoms with E-state index in [2.05, 4.69) is 0 Å². The SMILES string of the molecule is B[C@H](OC(=O)c1ccccc1)[C@@](C)(COC(=O)c1ccccc1)C(COC(=O)c1ccccc1)OC. The topological polar surface area (TPSA) is 88.1 Å². The summed E-state index contributed by atoms with van der Waals surface area (Å²) in [5, 5.41) is 0. The maximum atomic E-state index is 12.8. The maximum Gasteiger partial charge on any atom is 0.338 e. The van der Waals surface area contributed by atoms with Gasteiger partial charge < -0.3 is 18.9 Å². The lowest BCUT2D eigenvalue weighted by Crippen LogP contribution is -2.52. The summed E-state index contributed by atoms with van der Waals surface area (Å²) in [6.07, 6.45) is -0.757. The minimum atomic E-state index is -1.05. The van der Waals surface area contributed by atoms with Crippen LogP contribution in [0.5, 0.6) is 0 Å². The molecule has 1 unspecified atom stereocenters. The normalized spacial score (nSPS) is 14.1. The van der Waals surface area contributed by atoms with Gasteiger partial charge >= 0.3 is 17.9 Å². The fraction of sp³-hybridized carbons (Fsp3) is 0.250. The second-order valence-electron chi connectivity index (χ2n) is 8.55. The predicted molar refractivity (Wildman–Crippen MR) is 137 cm³/mol. The molecule has 8 heteroatoms. The van der Waals surface area contributed by atoms with Crippen molar-refractivity contribution in [1.29, 1.82) is 0 Å². The highest BCUT2D eigenvalue weighted by molar-refractivity contribution is 6.13. The van der Waals surface area contributed by atoms with Gasteiger partial charge in [0, 0.05) is 7.11 Å². The van der Waals surface area contributed by atoms with E-state index in [1.807, 2.05) is 0 Å². The van der Waals surface area contributed by atoms with Gasteiger partial charge in [-0.3, -0.25) is 0 Å². The molecule has 0 aliphatic rings. The van der Waals surface area contributed by atoms with Crippen molar-refractivity contribution in [2.45, 2.75) is 19.0 Å². The molecular formula is C28H29BO7. The van der Waals surface area contributed by atoms with E-state index in [9.17, 15) is 14.4 Å². The van der Waals surface area contributed by atoms with Crippen LogP contribution in [-0.4, -0.2) is 58.2 Å². The van der Waals surface area contributed by atoms with Crippen LogP contribution in [0.15, 0.2) is 91.0 Å². The molecule has 0 bridgehead atoms. The first-order valence-corrected chi connectivity index (χ1v) is 11.6. The average Bonchev–Trinajstić information content (AvgIpc) is 2.93. The average molecular weight is 488 g/mol. The summed E-state index contributed by atoms with van der Waals surface area (Å²) in [7, 11) is 3.16. The Morgan fingerprint density at radius 1 is 0.722 bits per heavy atom. The van der Waals surface area contributed by atoms with E-state index >= 15 is 0 Å². The molecule has 3 aromatic carbocycles. The van der Waals surface area contributed by atoms with E-state index in [-0.39, 0.29) is 13.2 Å². The predicted octanol–water partition coefficient (Wildman–Crippen LogP) is 3.54. The molecule has 0 saturated carbocycles. The summed E-state index contributed by atoms with van der Waals surface area (Å²) in [5.74, 6) is -1.57. The van der Waals surface area contributed by atoms with Crippen LogP contribution in [0, 0.1) is 5.41 Å². The number of methoxy groups -OCH3 is 1. The molecule has 186 valence electrons. The van der Waals surface area contributed by atoms with Crippen molar-refractivity contribution in [2.75, 3.05) is 20.3 Å². The molecule has 36 heavy (non-hydrogen) atoms. The van der Waals surface area contributed by atoms with Crippen molar-refractivity contribution < 1.29 is 33.3 Å². The van der Waals surface area contributed by atoms with Gasteiger partial charge in [0.2, 0.25) is 0 Å². The minimum absolute atomic E-state index is 0.142. The second kappa shape index (κ2) is 12.7. The van der Waals surface area contributed by atoms with Crippen LogP contribution < -0.4 is 0 Å². The number of hydrogen-bond donors (Lipinski definition) is 0. The molecule has 0 heterocycles. The van der Waals surface area contributed by atoms with Crippen LogP contribution in [0.25, 0.3) is 0 Å². The lowest BCUT2D eigenvalue weighted by molar-refractivity contribution is -0.106. The number of esters is 3. The first-order chi connectivity index (χ1) is 17.3. The molecule has 7 nitrogen and oxygen atoms in total. The Morgan fingerprint density at radius 3 is 1.58 bits per heavy atom. The molecule has 0 N–H and O–H groups in total. The van der Waals surface area contributed by atoms with Gasteiger partial charge in [0.15, 0.2) is 7.85 Å². The smallest absolute Gasteiger partial charge is 0.338 e. The molecule has 0 amide bonds. The van der Waals surface area contributed by atoms with E-state index < -0.39 is 35.4 Å². The van der Waals surface area contributed by atoms with E-state index in [1.54, 1.807) is 106 Å². The largest absolute Gasteiger partial charge is 0.468 e. The standard InChI is InChI=1S/C28H29BO7/c1-28(19-35-25(31)21-14-8-4-9-15-21,27(29)36-26(32)22-16-10-5-11-17-22)23(33-2)18-34-24(30)20-12-6-3-7-13-20/h3-17,23,27H,18-19,29H2,1-2H3/t23?,27-,28+/m1/s1. The number of rotatable bonds is 11. The first-order valence-electron chi connectivity index (χ1n) is 11.6. The van der Waals surface area contributed by atoms with Gasteiger partial charge in [0.1, 0.15) is 19.3 Å². The van der Waals surface area contributed by atoms with Crippen molar-refractivity contribution in [3.63, 3.8) is 0 Å². The molecule has 0 radical (unpaired) electrons. The molecule has 0 fully saturated rings. The third kappa shape index (κ3) is 6.83. The zero-order valence-electron chi connectivity index (χ0n) is 20.6. The number of carbonyl (C=O) groups excluding carboxylic acids is 3. The lowest BCUT2D eigenvalue weighted by Gasteiger charge is -2.40. The summed E-state index contributed by atoms with van der Waals surface area (Å²) < 4.78 is 22.6. The number of carbonyl (C=O) groups is 3. The minimum Gasteiger partial charge on any atom is -0.468 e. The Labute approximate surface area is 211 Å². The zero-order chi connectivity index (χ0) is 26.0. The second-order valence-corrected chi connectivity index (χ2v) is 8.55. The third-order valence-electron chi connectivity index (χ3n) is 6.14. The Morgan fingerprint density at radius 2 is 1.14 bits per heavy atom. The first kappa shape index (κ1) is 26.7. The quantitative estimate of drug-likeness (QED) is 0.232. The highest BCUT2D eigenvalue weighted by atomic mass is 16.6. The molecular weight excluding hydrogens is 459 g/mol. The highest BCUT2D eigenvalue weighted by Gasteiger charge is 2.44. The zero-order valence-corrected chi connectivity index (χ0v) is 20.6. The number of hydrogen-bond acceptors (Lipinski definition) is 7. The fourth-order valence-electron chi connectivity index (χ4n) is 3.62. The summed E-state index contributed by atoms with van der Waals surface area (Å²) in [5.41, 5.74) is 0.115. The van der Waals surface area contributed by atoms with Crippen molar-refractivity contribution in [2.24, 2.45) is 5.41 Å². The van der Waals surface area contributed by atoms with Crippen molar-refractivity contribution in [3.8, 4) is 0 Å². The van der Waals surface area contributed by atoms with Gasteiger partial charge in [-0.15, -0.1) is 0 Å². The third-order valence-corrected chi connectivity index (χ3v) is 6.14. The maximum absolute atomic E-state index is 12.8. The van der Waals surface area contributed by atoms with Crippen molar-refractivity contribution >= 4 is 25.8 Å². The molecule has 3 rings (SSSR count). The monoisotopic (exact) mass is 488 g/mol. The fourth-order valence-corrected chi connectivity index (χ4v) is 3.62. The van der Waals surface area contributed by atoms with Gasteiger partial charge in [-0.25, -0.2) is 14.4 Å². The molecule has 3 aromatic rings. The van der Waals surface area contributed by atoms with E-state index in [4.69, 9.17) is 18.9 Å². The summed E-state index contributed by atoms with van der Waals surface area (Å²) in [4.78, 5) is 38.0. The molecule has 0 aromatic heterocycles. The molecule has 0 aliphatic heterocycles. The van der Waals surface area contributed by atoms with Crippen LogP contribution in [0.1, 0.15) is 38.0 Å². The Balaban J connectivity index is 1.78. The van der Waals surface area contributed by atoms with Crippen molar-refractivity contribution in [3.05, 3.63) is 108 Å². The van der Waals surface area contributed by atoms with Crippen LogP contribution in [-0.2, 0) is 18.9 Å². The van der Waals surface area contributed by atoms with Crippen LogP contribution in [0.2, 0.25) is 0 Å². The Kier molecular flexibility index (Phi) is 9.42. The molecule has 3 atom stereocenters. The van der Waals surface area contributed by atoms with Crippen LogP contribution in [0.4, 0.5) is 0 Å². The van der Waals surface area contributed by atoms with E-state index in [0.717, 1.165) is 0 Å². The van der Waals surface area contributed by atoms with Gasteiger partial charge in [-0.2, -0.15) is 0 Å². The van der Waals surface area contributed by atoms with Gasteiger partial charge in [0.05, 0.1) is 28.1 Å². The summed E-state index contributed by atoms with van der Waals surface area (Å²) in [6.45, 7) is 1.47. The molecule has 0 aliphatic carbocycles. The lowest BCUT2D eigenvalue weighted by atomic mass is 9.70. The van der Waals surface area contributed by atoms with Gasteiger partial charge in [-0.05, 0) is 36.4 Å². The summed E-state index contributed by atoms with van der Waals surface area (Å²) >= 11 is 0. The summed E-state index contributed by atoms with van der Waals surface area (Å²) in [6, 6.07) is 25.0. The van der Waals surface area contributed by atoms with E-state index in [1.165, 1.54) is 7.11 Å². The van der Waals surface area contributed by atoms with Gasteiger partial charge in [-0.1, -0.05) is 61.5 Å². The molecule has 0 saturated heterocycles. The number of benzene rings is 3. The van der Waals surface area contributed by atoms with Crippen LogP contribution in [0.3, 0.4) is 0 Å². The van der Waals surface area contributed by atoms with E-state index in [0.29, 0.717) is 16.7 Å². The number of ether oxygens (including phenoxy) is 4. The van der Waals surface area contributed by atoms with Gasteiger partial charge in [0.25, 0.3) is 0 Å². The molecule has 0 spiro atoms. The Hall–Kier alpha value is -3.91. The highest BCUT2D eigenvalue weighted by Crippen LogP contribution is 2.31. The van der Waals surface area contributed by atoms with Crippen molar-refractivity contribution in [1.82, 2.24) is 0 Å². The Bertz CT molecular complexity index is 1140.